The van der Waals surface area contributed by atoms with E-state index in [-0.39, 0.29) is 18.4 Å². The minimum atomic E-state index is -0.922. The first-order valence-electron chi connectivity index (χ1n) is 14.2. The third kappa shape index (κ3) is 10.4. The van der Waals surface area contributed by atoms with Gasteiger partial charge in [0.1, 0.15) is 18.2 Å². The van der Waals surface area contributed by atoms with Gasteiger partial charge in [-0.25, -0.2) is 4.79 Å². The lowest BCUT2D eigenvalue weighted by Crippen LogP contribution is -2.47. The average Bonchev–Trinajstić information content (AvgIpc) is 2.90. The Bertz CT molecular complexity index is 1160. The number of carbonyl (C=O) groups is 3. The number of para-hydroxylation sites is 1. The molecule has 0 aromatic heterocycles. The Morgan fingerprint density at radius 2 is 1.55 bits per heavy atom. The van der Waals surface area contributed by atoms with E-state index in [4.69, 9.17) is 11.2 Å². The summed E-state index contributed by atoms with van der Waals surface area (Å²) in [6.07, 6.45) is 11.1. The highest BCUT2D eigenvalue weighted by atomic mass is 16.6. The van der Waals surface area contributed by atoms with E-state index < -0.39 is 17.7 Å². The van der Waals surface area contributed by atoms with Crippen molar-refractivity contribution in [1.82, 2.24) is 10.2 Å². The van der Waals surface area contributed by atoms with Crippen LogP contribution in [0.4, 0.5) is 10.5 Å². The first kappa shape index (κ1) is 32.4. The summed E-state index contributed by atoms with van der Waals surface area (Å²) in [4.78, 5) is 41.5. The van der Waals surface area contributed by atoms with Crippen molar-refractivity contribution in [2.45, 2.75) is 91.7 Å². The molecule has 0 aliphatic carbocycles. The summed E-state index contributed by atoms with van der Waals surface area (Å²) >= 11 is 0. The minimum absolute atomic E-state index is 0.291. The van der Waals surface area contributed by atoms with Gasteiger partial charge in [0.2, 0.25) is 5.91 Å². The van der Waals surface area contributed by atoms with Gasteiger partial charge in [-0.05, 0) is 69.9 Å². The van der Waals surface area contributed by atoms with E-state index in [1.807, 2.05) is 32.0 Å². The lowest BCUT2D eigenvalue weighted by Gasteiger charge is -2.32. The second-order valence-electron chi connectivity index (χ2n) is 11.1. The molecule has 0 spiro atoms. The van der Waals surface area contributed by atoms with E-state index in [0.29, 0.717) is 17.7 Å². The number of hydrogen-bond acceptors (Lipinski definition) is 4. The molecule has 40 heavy (non-hydrogen) atoms. The van der Waals surface area contributed by atoms with E-state index >= 15 is 0 Å². The third-order valence-corrected chi connectivity index (χ3v) is 6.54. The molecule has 7 nitrogen and oxygen atoms in total. The van der Waals surface area contributed by atoms with Crippen LogP contribution in [0.25, 0.3) is 0 Å². The van der Waals surface area contributed by atoms with E-state index in [1.165, 1.54) is 6.42 Å². The van der Waals surface area contributed by atoms with Crippen LogP contribution in [0.5, 0.6) is 0 Å². The Hall–Kier alpha value is -3.79. The summed E-state index contributed by atoms with van der Waals surface area (Å²) in [7, 11) is 0. The predicted octanol–water partition coefficient (Wildman–Crippen LogP) is 6.68. The zero-order valence-corrected chi connectivity index (χ0v) is 24.9. The summed E-state index contributed by atoms with van der Waals surface area (Å²) < 4.78 is 5.31. The van der Waals surface area contributed by atoms with Gasteiger partial charge in [-0.3, -0.25) is 9.59 Å². The lowest BCUT2D eigenvalue weighted by molar-refractivity contribution is -0.138. The third-order valence-electron chi connectivity index (χ3n) is 6.54. The van der Waals surface area contributed by atoms with Crippen molar-refractivity contribution in [1.29, 1.82) is 0 Å². The molecule has 2 rings (SSSR count). The van der Waals surface area contributed by atoms with E-state index in [9.17, 15) is 14.4 Å². The Labute approximate surface area is 240 Å². The maximum atomic E-state index is 14.0. The van der Waals surface area contributed by atoms with Gasteiger partial charge in [0.25, 0.3) is 5.91 Å². The molecule has 0 aliphatic rings. The van der Waals surface area contributed by atoms with E-state index in [0.717, 1.165) is 48.9 Å². The number of terminal acetylenes is 1. The summed E-state index contributed by atoms with van der Waals surface area (Å²) in [5, 5.41) is 5.63. The molecule has 0 fully saturated rings. The first-order valence-corrected chi connectivity index (χ1v) is 14.2. The van der Waals surface area contributed by atoms with Gasteiger partial charge >= 0.3 is 6.09 Å². The monoisotopic (exact) mass is 547 g/mol. The second-order valence-corrected chi connectivity index (χ2v) is 11.1. The van der Waals surface area contributed by atoms with Gasteiger partial charge in [0.05, 0.1) is 0 Å². The molecule has 1 atom stereocenters. The molecule has 2 N–H and O–H groups in total. The van der Waals surface area contributed by atoms with Crippen LogP contribution in [0.1, 0.15) is 94.5 Å². The van der Waals surface area contributed by atoms with Crippen molar-refractivity contribution in [2.75, 3.05) is 18.4 Å². The molecular weight excluding hydrogens is 502 g/mol. The number of hydrogen-bond donors (Lipinski definition) is 2. The summed E-state index contributed by atoms with van der Waals surface area (Å²) in [5.41, 5.74) is 3.19. The number of carbonyl (C=O) groups excluding carboxylic acids is 3. The SMILES string of the molecule is C#Cc1ccc(C(C(=O)Nc2c(C)cccc2C)N(CCCCCCCC)C(=O)CNC(=O)OC(C)(C)C)cc1. The normalized spacial score (nSPS) is 11.7. The van der Waals surface area contributed by atoms with Crippen LogP contribution in [0.15, 0.2) is 42.5 Å². The second kappa shape index (κ2) is 15.7. The van der Waals surface area contributed by atoms with Crippen LogP contribution >= 0.6 is 0 Å². The number of benzene rings is 2. The quantitative estimate of drug-likeness (QED) is 0.216. The van der Waals surface area contributed by atoms with Crippen molar-refractivity contribution in [3.63, 3.8) is 0 Å². The molecule has 0 heterocycles. The van der Waals surface area contributed by atoms with Crippen molar-refractivity contribution in [3.05, 3.63) is 64.7 Å². The number of nitrogens with one attached hydrogen (secondary N) is 2. The van der Waals surface area contributed by atoms with Gasteiger partial charge in [-0.2, -0.15) is 0 Å². The summed E-state index contributed by atoms with van der Waals surface area (Å²) in [6.45, 7) is 11.4. The molecule has 0 saturated heterocycles. The number of rotatable bonds is 13. The molecule has 216 valence electrons. The Morgan fingerprint density at radius 1 is 0.950 bits per heavy atom. The van der Waals surface area contributed by atoms with Crippen molar-refractivity contribution < 1.29 is 19.1 Å². The zero-order valence-electron chi connectivity index (χ0n) is 24.9. The van der Waals surface area contributed by atoms with Crippen LogP contribution < -0.4 is 10.6 Å². The summed E-state index contributed by atoms with van der Waals surface area (Å²) in [6, 6.07) is 12.0. The average molecular weight is 548 g/mol. The van der Waals surface area contributed by atoms with Crippen molar-refractivity contribution in [2.24, 2.45) is 0 Å². The molecule has 2 aromatic rings. The number of anilines is 1. The van der Waals surface area contributed by atoms with Crippen LogP contribution in [0, 0.1) is 26.2 Å². The molecule has 0 saturated carbocycles. The van der Waals surface area contributed by atoms with Crippen molar-refractivity contribution >= 4 is 23.6 Å². The molecule has 0 radical (unpaired) electrons. The highest BCUT2D eigenvalue weighted by Gasteiger charge is 2.32. The number of alkyl carbamates (subject to hydrolysis) is 1. The predicted molar refractivity (Wildman–Crippen MR) is 161 cm³/mol. The smallest absolute Gasteiger partial charge is 0.408 e. The lowest BCUT2D eigenvalue weighted by atomic mass is 10.0. The highest BCUT2D eigenvalue weighted by Crippen LogP contribution is 2.27. The zero-order chi connectivity index (χ0) is 29.7. The molecule has 3 amide bonds. The van der Waals surface area contributed by atoms with E-state index in [1.54, 1.807) is 49.9 Å². The summed E-state index contributed by atoms with van der Waals surface area (Å²) in [5.74, 6) is 1.89. The molecule has 1 unspecified atom stereocenters. The number of amides is 3. The molecule has 0 bridgehead atoms. The van der Waals surface area contributed by atoms with Crippen molar-refractivity contribution in [3.8, 4) is 12.3 Å². The topological polar surface area (TPSA) is 87.7 Å². The largest absolute Gasteiger partial charge is 0.444 e. The van der Waals surface area contributed by atoms with Crippen LogP contribution in [-0.2, 0) is 14.3 Å². The van der Waals surface area contributed by atoms with Gasteiger partial charge in [0.15, 0.2) is 0 Å². The van der Waals surface area contributed by atoms with Gasteiger partial charge in [0, 0.05) is 17.8 Å². The molecule has 7 heteroatoms. The van der Waals surface area contributed by atoms with Crippen LogP contribution in [0.3, 0.4) is 0 Å². The maximum absolute atomic E-state index is 14.0. The van der Waals surface area contributed by atoms with E-state index in [2.05, 4.69) is 23.5 Å². The van der Waals surface area contributed by atoms with Gasteiger partial charge in [-0.15, -0.1) is 6.42 Å². The Morgan fingerprint density at radius 3 is 2.12 bits per heavy atom. The van der Waals surface area contributed by atoms with Gasteiger partial charge < -0.3 is 20.3 Å². The molecular formula is C33H45N3O4. The Kier molecular flexibility index (Phi) is 12.7. The maximum Gasteiger partial charge on any atom is 0.408 e. The fourth-order valence-corrected chi connectivity index (χ4v) is 4.46. The van der Waals surface area contributed by atoms with Gasteiger partial charge in [-0.1, -0.05) is 75.3 Å². The molecule has 2 aromatic carbocycles. The van der Waals surface area contributed by atoms with Crippen LogP contribution in [-0.4, -0.2) is 41.5 Å². The molecule has 0 aliphatic heterocycles. The number of unbranched alkanes of at least 4 members (excludes halogenated alkanes) is 5. The number of aryl methyl sites for hydroxylation is 2. The fourth-order valence-electron chi connectivity index (χ4n) is 4.46. The van der Waals surface area contributed by atoms with Crippen LogP contribution in [0.2, 0.25) is 0 Å². The number of ether oxygens (including phenoxy) is 1. The highest BCUT2D eigenvalue weighted by molar-refractivity contribution is 5.99. The standard InChI is InChI=1S/C33H45N3O4/c1-8-10-11-12-13-14-22-36(28(37)23-34-32(39)40-33(5,6)7)30(27-20-18-26(9-2)19-21-27)31(38)35-29-24(3)16-15-17-25(29)4/h2,15-21,30H,8,10-14,22-23H2,1,3-7H3,(H,34,39)(H,35,38). The Balaban J connectivity index is 2.40. The fraction of sp³-hybridized carbons (Fsp3) is 0.485. The minimum Gasteiger partial charge on any atom is -0.444 e. The first-order chi connectivity index (χ1) is 19.0. The number of nitrogens with zero attached hydrogens (tertiary/aromatic N) is 1.